The summed E-state index contributed by atoms with van der Waals surface area (Å²) in [6.45, 7) is 8.69. The minimum Gasteiger partial charge on any atom is -0.310 e. The van der Waals surface area contributed by atoms with E-state index in [9.17, 15) is 0 Å². The molecule has 0 aromatic rings. The van der Waals surface area contributed by atoms with Crippen LogP contribution in [-0.4, -0.2) is 35.6 Å². The van der Waals surface area contributed by atoms with Crippen molar-refractivity contribution in [1.82, 2.24) is 10.2 Å². The zero-order chi connectivity index (χ0) is 16.7. The quantitative estimate of drug-likeness (QED) is 0.725. The second-order valence-electron chi connectivity index (χ2n) is 9.60. The molecule has 3 fully saturated rings. The maximum absolute atomic E-state index is 3.82. The molecule has 1 aliphatic carbocycles. The Morgan fingerprint density at radius 3 is 2.75 bits per heavy atom. The Morgan fingerprint density at radius 2 is 1.88 bits per heavy atom. The number of nitrogens with zero attached hydrogens (tertiary/aromatic N) is 1. The number of fused-ring (bicyclic) bond motifs is 2. The normalized spacial score (nSPS) is 44.1. The van der Waals surface area contributed by atoms with Gasteiger partial charge in [0.1, 0.15) is 0 Å². The molecule has 0 bridgehead atoms. The van der Waals surface area contributed by atoms with Gasteiger partial charge >= 0.3 is 0 Å². The van der Waals surface area contributed by atoms with Gasteiger partial charge < -0.3 is 5.32 Å². The van der Waals surface area contributed by atoms with Crippen molar-refractivity contribution in [2.75, 3.05) is 6.54 Å². The summed E-state index contributed by atoms with van der Waals surface area (Å²) in [7, 11) is 0. The summed E-state index contributed by atoms with van der Waals surface area (Å²) in [5.41, 5.74) is 3.70. The minimum atomic E-state index is 0.718. The zero-order valence-corrected chi connectivity index (χ0v) is 16.2. The monoisotopic (exact) mass is 330 g/mol. The van der Waals surface area contributed by atoms with Crippen molar-refractivity contribution >= 4 is 0 Å². The Balaban J connectivity index is 1.53. The Labute approximate surface area is 149 Å². The second kappa shape index (κ2) is 7.11. The van der Waals surface area contributed by atoms with Crippen LogP contribution in [0.4, 0.5) is 0 Å². The van der Waals surface area contributed by atoms with Crippen LogP contribution in [0, 0.1) is 11.8 Å². The van der Waals surface area contributed by atoms with Crippen LogP contribution in [0.1, 0.15) is 85.0 Å². The lowest BCUT2D eigenvalue weighted by molar-refractivity contribution is -0.00705. The van der Waals surface area contributed by atoms with Crippen LogP contribution in [0.3, 0.4) is 0 Å². The first-order valence-electron chi connectivity index (χ1n) is 10.8. The molecule has 2 nitrogen and oxygen atoms in total. The highest BCUT2D eigenvalue weighted by molar-refractivity contribution is 5.26. The summed E-state index contributed by atoms with van der Waals surface area (Å²) >= 11 is 0. The molecule has 3 saturated heterocycles. The SMILES string of the molecule is C[C@H]1CC(C[C@@H]2CCC[C@H]3C[C@H](C)C[C@@H](C)N23)=C2CCCN[C@H]2C1. The van der Waals surface area contributed by atoms with Gasteiger partial charge in [-0.2, -0.15) is 0 Å². The van der Waals surface area contributed by atoms with E-state index in [-0.39, 0.29) is 0 Å². The molecule has 6 atom stereocenters. The molecule has 4 aliphatic rings. The molecule has 0 amide bonds. The van der Waals surface area contributed by atoms with Gasteiger partial charge in [-0.25, -0.2) is 0 Å². The summed E-state index contributed by atoms with van der Waals surface area (Å²) < 4.78 is 0. The van der Waals surface area contributed by atoms with E-state index in [0.717, 1.165) is 36.0 Å². The van der Waals surface area contributed by atoms with E-state index in [1.54, 1.807) is 0 Å². The molecule has 0 saturated carbocycles. The van der Waals surface area contributed by atoms with E-state index >= 15 is 0 Å². The largest absolute Gasteiger partial charge is 0.310 e. The highest BCUT2D eigenvalue weighted by Crippen LogP contribution is 2.41. The van der Waals surface area contributed by atoms with Crippen molar-refractivity contribution in [2.24, 2.45) is 11.8 Å². The Hall–Kier alpha value is -0.340. The van der Waals surface area contributed by atoms with Crippen LogP contribution < -0.4 is 5.32 Å². The Bertz CT molecular complexity index is 482. The Kier molecular flexibility index (Phi) is 5.07. The zero-order valence-electron chi connectivity index (χ0n) is 16.2. The van der Waals surface area contributed by atoms with Gasteiger partial charge in [-0.3, -0.25) is 4.90 Å². The molecular formula is C22H38N2. The van der Waals surface area contributed by atoms with Gasteiger partial charge in [-0.15, -0.1) is 0 Å². The van der Waals surface area contributed by atoms with Crippen LogP contribution in [-0.2, 0) is 0 Å². The third-order valence-electron chi connectivity index (χ3n) is 7.45. The number of rotatable bonds is 2. The summed E-state index contributed by atoms with van der Waals surface area (Å²) in [6, 6.07) is 3.24. The fourth-order valence-corrected chi connectivity index (χ4v) is 6.65. The minimum absolute atomic E-state index is 0.718. The lowest BCUT2D eigenvalue weighted by Crippen LogP contribution is -2.55. The molecule has 0 unspecified atom stereocenters. The van der Waals surface area contributed by atoms with Crippen LogP contribution in [0.5, 0.6) is 0 Å². The van der Waals surface area contributed by atoms with Crippen molar-refractivity contribution in [2.45, 2.75) is 109 Å². The maximum atomic E-state index is 3.82. The molecule has 3 aliphatic heterocycles. The van der Waals surface area contributed by atoms with Gasteiger partial charge in [0.05, 0.1) is 0 Å². The first-order chi connectivity index (χ1) is 11.6. The average molecular weight is 331 g/mol. The smallest absolute Gasteiger partial charge is 0.0284 e. The van der Waals surface area contributed by atoms with E-state index in [0.29, 0.717) is 0 Å². The molecule has 0 aromatic carbocycles. The topological polar surface area (TPSA) is 15.3 Å². The number of nitrogens with one attached hydrogen (secondary N) is 1. The molecule has 3 heterocycles. The van der Waals surface area contributed by atoms with E-state index in [1.165, 1.54) is 70.8 Å². The van der Waals surface area contributed by atoms with Crippen LogP contribution in [0.15, 0.2) is 11.1 Å². The summed E-state index contributed by atoms with van der Waals surface area (Å²) in [5.74, 6) is 1.81. The standard InChI is InChI=1S/C22H38N2/c1-15-10-17(3)24-19(12-15)6-4-7-20(24)14-18-11-16(2)13-22-21(18)8-5-9-23-22/h15-17,19-20,22-23H,4-14H2,1-3H3/t15-,16+,17-,19+,20+,22+/m1/s1. The van der Waals surface area contributed by atoms with Crippen molar-refractivity contribution in [3.8, 4) is 0 Å². The fourth-order valence-electron chi connectivity index (χ4n) is 6.65. The summed E-state index contributed by atoms with van der Waals surface area (Å²) in [4.78, 5) is 2.97. The molecule has 136 valence electrons. The lowest BCUT2D eigenvalue weighted by Gasteiger charge is -2.51. The Morgan fingerprint density at radius 1 is 1.00 bits per heavy atom. The molecule has 0 radical (unpaired) electrons. The highest BCUT2D eigenvalue weighted by Gasteiger charge is 2.39. The van der Waals surface area contributed by atoms with Crippen LogP contribution in [0.2, 0.25) is 0 Å². The average Bonchev–Trinajstić information content (AvgIpc) is 2.54. The number of hydrogen-bond donors (Lipinski definition) is 1. The first kappa shape index (κ1) is 17.1. The van der Waals surface area contributed by atoms with Crippen molar-refractivity contribution in [1.29, 1.82) is 0 Å². The van der Waals surface area contributed by atoms with Gasteiger partial charge in [0.15, 0.2) is 0 Å². The summed E-state index contributed by atoms with van der Waals surface area (Å²) in [5, 5.41) is 3.82. The molecule has 2 heteroatoms. The van der Waals surface area contributed by atoms with E-state index in [2.05, 4.69) is 31.0 Å². The molecule has 0 spiro atoms. The van der Waals surface area contributed by atoms with Crippen LogP contribution in [0.25, 0.3) is 0 Å². The predicted octanol–water partition coefficient (Wildman–Crippen LogP) is 4.90. The van der Waals surface area contributed by atoms with Crippen molar-refractivity contribution in [3.05, 3.63) is 11.1 Å². The highest BCUT2D eigenvalue weighted by atomic mass is 15.2. The molecule has 0 aromatic heterocycles. The van der Waals surface area contributed by atoms with Gasteiger partial charge in [0.25, 0.3) is 0 Å². The first-order valence-corrected chi connectivity index (χ1v) is 10.8. The fraction of sp³-hybridized carbons (Fsp3) is 0.909. The lowest BCUT2D eigenvalue weighted by atomic mass is 9.74. The number of piperidine rings is 3. The third kappa shape index (κ3) is 3.33. The molecule has 24 heavy (non-hydrogen) atoms. The summed E-state index contributed by atoms with van der Waals surface area (Å²) in [6.07, 6.45) is 14.1. The van der Waals surface area contributed by atoms with E-state index < -0.39 is 0 Å². The van der Waals surface area contributed by atoms with Crippen molar-refractivity contribution in [3.63, 3.8) is 0 Å². The van der Waals surface area contributed by atoms with Crippen molar-refractivity contribution < 1.29 is 0 Å². The van der Waals surface area contributed by atoms with E-state index in [1.807, 2.05) is 11.1 Å². The van der Waals surface area contributed by atoms with Gasteiger partial charge in [0.2, 0.25) is 0 Å². The van der Waals surface area contributed by atoms with E-state index in [4.69, 9.17) is 0 Å². The molecular weight excluding hydrogens is 292 g/mol. The maximum Gasteiger partial charge on any atom is 0.0284 e. The number of hydrogen-bond acceptors (Lipinski definition) is 2. The second-order valence-corrected chi connectivity index (χ2v) is 9.60. The molecule has 1 N–H and O–H groups in total. The van der Waals surface area contributed by atoms with Gasteiger partial charge in [-0.1, -0.05) is 31.4 Å². The predicted molar refractivity (Wildman–Crippen MR) is 102 cm³/mol. The van der Waals surface area contributed by atoms with Crippen LogP contribution >= 0.6 is 0 Å². The molecule has 4 rings (SSSR count). The van der Waals surface area contributed by atoms with Gasteiger partial charge in [-0.05, 0) is 83.1 Å². The van der Waals surface area contributed by atoms with Gasteiger partial charge in [0, 0.05) is 24.2 Å². The third-order valence-corrected chi connectivity index (χ3v) is 7.45.